The second-order valence-corrected chi connectivity index (χ2v) is 10.8. The van der Waals surface area contributed by atoms with E-state index >= 15 is 0 Å². The Labute approximate surface area is 217 Å². The Morgan fingerprint density at radius 3 is 2.66 bits per heavy atom. The number of carbonyl (C=O) groups excluding carboxylic acids is 3. The van der Waals surface area contributed by atoms with Crippen molar-refractivity contribution in [3.05, 3.63) is 53.2 Å². The summed E-state index contributed by atoms with van der Waals surface area (Å²) >= 11 is 0. The van der Waals surface area contributed by atoms with E-state index in [1.807, 2.05) is 12.1 Å². The highest BCUT2D eigenvalue weighted by Gasteiger charge is 2.69. The fraction of sp³-hybridized carbons (Fsp3) is 0.481. The molecule has 200 valence electrons. The van der Waals surface area contributed by atoms with Gasteiger partial charge in [-0.05, 0) is 74.4 Å². The lowest BCUT2D eigenvalue weighted by molar-refractivity contribution is -0.200. The monoisotopic (exact) mass is 527 g/mol. The number of anilines is 2. The van der Waals surface area contributed by atoms with E-state index in [0.29, 0.717) is 43.7 Å². The number of hydrogen-bond acceptors (Lipinski definition) is 5. The number of rotatable bonds is 5. The Hall–Kier alpha value is -3.47. The maximum atomic E-state index is 13.7. The molecule has 3 amide bonds. The summed E-state index contributed by atoms with van der Waals surface area (Å²) in [6, 6.07) is 8.60. The number of alkyl halides is 3. The number of nitrogens with one attached hydrogen (secondary N) is 3. The van der Waals surface area contributed by atoms with E-state index in [9.17, 15) is 27.6 Å². The van der Waals surface area contributed by atoms with Crippen LogP contribution in [-0.4, -0.2) is 59.5 Å². The molecule has 2 aliphatic heterocycles. The normalized spacial score (nSPS) is 24.9. The van der Waals surface area contributed by atoms with Crippen LogP contribution in [0.4, 0.5) is 24.7 Å². The minimum atomic E-state index is -4.64. The second-order valence-electron chi connectivity index (χ2n) is 10.8. The SMILES string of the molecule is O=C(CN(C(=O)C1(C(F)(F)F)CC1)[C@H]1CCCNC1)Nc1ccc2c(c1)C[C@@]1(C2)C(=O)Nc2ncccc21. The molecule has 0 bridgehead atoms. The zero-order valence-corrected chi connectivity index (χ0v) is 20.7. The predicted molar refractivity (Wildman–Crippen MR) is 132 cm³/mol. The van der Waals surface area contributed by atoms with E-state index in [1.54, 1.807) is 24.4 Å². The van der Waals surface area contributed by atoms with Crippen molar-refractivity contribution in [3.63, 3.8) is 0 Å². The second kappa shape index (κ2) is 8.79. The molecule has 38 heavy (non-hydrogen) atoms. The molecule has 2 atom stereocenters. The van der Waals surface area contributed by atoms with Crippen molar-refractivity contribution >= 4 is 29.2 Å². The van der Waals surface area contributed by atoms with Crippen molar-refractivity contribution in [1.82, 2.24) is 15.2 Å². The molecular weight excluding hydrogens is 499 g/mol. The first-order valence-electron chi connectivity index (χ1n) is 12.9. The predicted octanol–water partition coefficient (Wildman–Crippen LogP) is 2.93. The Kier molecular flexibility index (Phi) is 5.75. The third-order valence-electron chi connectivity index (χ3n) is 8.45. The molecule has 2 aromatic rings. The van der Waals surface area contributed by atoms with Crippen LogP contribution in [0, 0.1) is 5.41 Å². The van der Waals surface area contributed by atoms with Crippen LogP contribution < -0.4 is 16.0 Å². The van der Waals surface area contributed by atoms with E-state index in [1.165, 1.54) is 0 Å². The summed E-state index contributed by atoms with van der Waals surface area (Å²) < 4.78 is 41.2. The van der Waals surface area contributed by atoms with Crippen LogP contribution >= 0.6 is 0 Å². The standard InChI is InChI=1S/C27H28F3N5O3/c28-27(29,30)26(7-8-26)24(38)35(19-3-1-9-31-14-19)15-21(36)33-18-6-5-16-12-25(13-17(16)11-18)20-4-2-10-32-22(20)34-23(25)37/h2,4-6,10-11,19,31H,1,3,7-9,12-15H2,(H,33,36)(H,32,34,37)/t19-,25+/m0/s1. The number of amides is 3. The van der Waals surface area contributed by atoms with Crippen molar-refractivity contribution < 1.29 is 27.6 Å². The number of nitrogens with zero attached hydrogens (tertiary/aromatic N) is 2. The van der Waals surface area contributed by atoms with Crippen LogP contribution in [0.3, 0.4) is 0 Å². The van der Waals surface area contributed by atoms with Crippen LogP contribution in [0.5, 0.6) is 0 Å². The summed E-state index contributed by atoms with van der Waals surface area (Å²) in [5, 5.41) is 8.75. The number of hydrogen-bond donors (Lipinski definition) is 3. The molecule has 1 spiro atoms. The van der Waals surface area contributed by atoms with Crippen LogP contribution in [0.25, 0.3) is 0 Å². The van der Waals surface area contributed by atoms with E-state index in [0.717, 1.165) is 28.1 Å². The molecule has 0 radical (unpaired) electrons. The highest BCUT2D eigenvalue weighted by molar-refractivity contribution is 6.06. The molecule has 2 aliphatic carbocycles. The van der Waals surface area contributed by atoms with Crippen molar-refractivity contribution in [2.75, 3.05) is 30.3 Å². The average molecular weight is 528 g/mol. The first kappa shape index (κ1) is 24.8. The van der Waals surface area contributed by atoms with Gasteiger partial charge in [0.05, 0.1) is 5.41 Å². The molecule has 3 heterocycles. The van der Waals surface area contributed by atoms with Gasteiger partial charge in [-0.25, -0.2) is 4.98 Å². The molecule has 4 aliphatic rings. The van der Waals surface area contributed by atoms with Crippen molar-refractivity contribution in [1.29, 1.82) is 0 Å². The lowest BCUT2D eigenvalue weighted by Gasteiger charge is -2.37. The molecule has 1 saturated heterocycles. The lowest BCUT2D eigenvalue weighted by Crippen LogP contribution is -2.55. The zero-order chi connectivity index (χ0) is 26.7. The van der Waals surface area contributed by atoms with Gasteiger partial charge in [0, 0.05) is 30.0 Å². The molecule has 3 N–H and O–H groups in total. The largest absolute Gasteiger partial charge is 0.403 e. The van der Waals surface area contributed by atoms with E-state index in [-0.39, 0.29) is 18.7 Å². The molecule has 1 aromatic heterocycles. The van der Waals surface area contributed by atoms with Gasteiger partial charge in [0.2, 0.25) is 17.7 Å². The summed E-state index contributed by atoms with van der Waals surface area (Å²) in [5.74, 6) is -1.11. The maximum absolute atomic E-state index is 13.7. The van der Waals surface area contributed by atoms with Crippen LogP contribution in [0.2, 0.25) is 0 Å². The fourth-order valence-electron chi connectivity index (χ4n) is 6.18. The van der Waals surface area contributed by atoms with Gasteiger partial charge in [0.25, 0.3) is 0 Å². The van der Waals surface area contributed by atoms with Crippen LogP contribution in [0.15, 0.2) is 36.5 Å². The highest BCUT2D eigenvalue weighted by atomic mass is 19.4. The minimum Gasteiger partial charge on any atom is -0.328 e. The Bertz CT molecular complexity index is 1320. The van der Waals surface area contributed by atoms with Gasteiger partial charge in [0.15, 0.2) is 0 Å². The third kappa shape index (κ3) is 3.95. The first-order chi connectivity index (χ1) is 18.1. The molecule has 1 saturated carbocycles. The topological polar surface area (TPSA) is 103 Å². The van der Waals surface area contributed by atoms with Crippen molar-refractivity contribution in [2.24, 2.45) is 5.41 Å². The number of carbonyl (C=O) groups is 3. The Balaban J connectivity index is 1.19. The quantitative estimate of drug-likeness (QED) is 0.555. The van der Waals surface area contributed by atoms with Crippen molar-refractivity contribution in [3.8, 4) is 0 Å². The Morgan fingerprint density at radius 2 is 1.95 bits per heavy atom. The summed E-state index contributed by atoms with van der Waals surface area (Å²) in [5.41, 5.74) is 0.0953. The van der Waals surface area contributed by atoms with Gasteiger partial charge in [-0.15, -0.1) is 0 Å². The first-order valence-corrected chi connectivity index (χ1v) is 12.9. The Morgan fingerprint density at radius 1 is 1.16 bits per heavy atom. The number of pyridine rings is 1. The van der Waals surface area contributed by atoms with Crippen LogP contribution in [-0.2, 0) is 32.6 Å². The number of benzene rings is 1. The molecule has 0 unspecified atom stereocenters. The minimum absolute atomic E-state index is 0.109. The van der Waals surface area contributed by atoms with Gasteiger partial charge in [0.1, 0.15) is 17.8 Å². The summed E-state index contributed by atoms with van der Waals surface area (Å²) in [6.45, 7) is 0.627. The summed E-state index contributed by atoms with van der Waals surface area (Å²) in [4.78, 5) is 44.5. The number of fused-ring (bicyclic) bond motifs is 3. The smallest absolute Gasteiger partial charge is 0.328 e. The molecule has 1 aromatic carbocycles. The van der Waals surface area contributed by atoms with E-state index in [4.69, 9.17) is 0 Å². The van der Waals surface area contributed by atoms with Crippen molar-refractivity contribution in [2.45, 2.75) is 56.2 Å². The van der Waals surface area contributed by atoms with Gasteiger partial charge >= 0.3 is 6.18 Å². The summed E-state index contributed by atoms with van der Waals surface area (Å²) in [6.07, 6.45) is -1.28. The average Bonchev–Trinajstić information content (AvgIpc) is 3.57. The summed E-state index contributed by atoms with van der Waals surface area (Å²) in [7, 11) is 0. The number of halogens is 3. The molecule has 2 fully saturated rings. The van der Waals surface area contributed by atoms with Crippen LogP contribution in [0.1, 0.15) is 42.4 Å². The fourth-order valence-corrected chi connectivity index (χ4v) is 6.18. The van der Waals surface area contributed by atoms with Gasteiger partial charge in [-0.3, -0.25) is 14.4 Å². The molecule has 6 rings (SSSR count). The number of piperidine rings is 1. The molecule has 11 heteroatoms. The molecule has 8 nitrogen and oxygen atoms in total. The third-order valence-corrected chi connectivity index (χ3v) is 8.45. The van der Waals surface area contributed by atoms with Gasteiger partial charge < -0.3 is 20.9 Å². The lowest BCUT2D eigenvalue weighted by atomic mass is 9.79. The van der Waals surface area contributed by atoms with E-state index in [2.05, 4.69) is 20.9 Å². The number of aromatic nitrogens is 1. The van der Waals surface area contributed by atoms with Gasteiger partial charge in [-0.1, -0.05) is 12.1 Å². The van der Waals surface area contributed by atoms with E-state index < -0.39 is 41.4 Å². The maximum Gasteiger partial charge on any atom is 0.403 e. The van der Waals surface area contributed by atoms with Gasteiger partial charge in [-0.2, -0.15) is 13.2 Å². The zero-order valence-electron chi connectivity index (χ0n) is 20.7. The molecular formula is C27H28F3N5O3. The highest BCUT2D eigenvalue weighted by Crippen LogP contribution is 2.59.